The van der Waals surface area contributed by atoms with Gasteiger partial charge >= 0.3 is 5.97 Å². The summed E-state index contributed by atoms with van der Waals surface area (Å²) < 4.78 is 6.55. The number of aromatic nitrogens is 2. The minimum absolute atomic E-state index is 0.103. The monoisotopic (exact) mass is 239 g/mol. The highest BCUT2D eigenvalue weighted by Crippen LogP contribution is 2.14. The molecule has 0 aliphatic rings. The molecule has 0 fully saturated rings. The molecule has 1 N–H and O–H groups in total. The maximum atomic E-state index is 11.8. The van der Waals surface area contributed by atoms with E-state index < -0.39 is 0 Å². The van der Waals surface area contributed by atoms with Crippen LogP contribution in [-0.2, 0) is 9.53 Å². The van der Waals surface area contributed by atoms with Crippen molar-refractivity contribution in [2.45, 2.75) is 26.8 Å². The predicted molar refractivity (Wildman–Crippen MR) is 61.7 cm³/mol. The number of rotatable bonds is 6. The van der Waals surface area contributed by atoms with Crippen molar-refractivity contribution in [2.75, 3.05) is 13.2 Å². The Bertz CT molecular complexity index is 401. The predicted octanol–water partition coefficient (Wildman–Crippen LogP) is 0.675. The third-order valence-electron chi connectivity index (χ3n) is 2.36. The molecule has 0 spiro atoms. The van der Waals surface area contributed by atoms with E-state index in [1.54, 1.807) is 24.7 Å². The van der Waals surface area contributed by atoms with E-state index >= 15 is 0 Å². The van der Waals surface area contributed by atoms with Gasteiger partial charge in [-0.15, -0.1) is 0 Å². The molecule has 1 aromatic heterocycles. The lowest BCUT2D eigenvalue weighted by Gasteiger charge is -2.14. The molecule has 1 rings (SSSR count). The zero-order valence-electron chi connectivity index (χ0n) is 10.3. The lowest BCUT2D eigenvalue weighted by Crippen LogP contribution is -2.26. The molecular formula is C11H17N3O3. The SMILES string of the molecule is CCOC(=O)c1c(C)cnn1[C@@H](C)CNC=O. The molecule has 6 heteroatoms. The number of ether oxygens (including phenoxy) is 1. The molecule has 0 bridgehead atoms. The second kappa shape index (κ2) is 6.03. The Kier molecular flexibility index (Phi) is 4.68. The quantitative estimate of drug-likeness (QED) is 0.585. The van der Waals surface area contributed by atoms with E-state index in [2.05, 4.69) is 10.4 Å². The van der Waals surface area contributed by atoms with Crippen molar-refractivity contribution in [3.05, 3.63) is 17.5 Å². The Morgan fingerprint density at radius 1 is 1.71 bits per heavy atom. The van der Waals surface area contributed by atoms with Gasteiger partial charge < -0.3 is 10.1 Å². The van der Waals surface area contributed by atoms with Crippen molar-refractivity contribution < 1.29 is 14.3 Å². The van der Waals surface area contributed by atoms with Gasteiger partial charge in [0.05, 0.1) is 18.8 Å². The van der Waals surface area contributed by atoms with E-state index in [1.165, 1.54) is 0 Å². The van der Waals surface area contributed by atoms with Crippen LogP contribution in [0, 0.1) is 6.92 Å². The van der Waals surface area contributed by atoms with Crippen LogP contribution in [0.5, 0.6) is 0 Å². The summed E-state index contributed by atoms with van der Waals surface area (Å²) in [5.41, 5.74) is 1.20. The number of hydrogen-bond acceptors (Lipinski definition) is 4. The fraction of sp³-hybridized carbons (Fsp3) is 0.545. The summed E-state index contributed by atoms with van der Waals surface area (Å²) in [4.78, 5) is 22.0. The Morgan fingerprint density at radius 2 is 2.41 bits per heavy atom. The van der Waals surface area contributed by atoms with Crippen LogP contribution in [0.15, 0.2) is 6.20 Å². The molecule has 6 nitrogen and oxygen atoms in total. The van der Waals surface area contributed by atoms with Crippen molar-refractivity contribution >= 4 is 12.4 Å². The zero-order chi connectivity index (χ0) is 12.8. The summed E-state index contributed by atoms with van der Waals surface area (Å²) in [5, 5.41) is 6.69. The van der Waals surface area contributed by atoms with Gasteiger partial charge in [-0.05, 0) is 20.8 Å². The molecule has 1 amide bonds. The Morgan fingerprint density at radius 3 is 3.00 bits per heavy atom. The Hall–Kier alpha value is -1.85. The van der Waals surface area contributed by atoms with Crippen LogP contribution in [0.2, 0.25) is 0 Å². The Balaban J connectivity index is 2.92. The van der Waals surface area contributed by atoms with E-state index in [9.17, 15) is 9.59 Å². The van der Waals surface area contributed by atoms with Crippen molar-refractivity contribution in [1.29, 1.82) is 0 Å². The number of carbonyl (C=O) groups is 2. The number of carbonyl (C=O) groups excluding carboxylic acids is 2. The minimum Gasteiger partial charge on any atom is -0.461 e. The zero-order valence-corrected chi connectivity index (χ0v) is 10.3. The van der Waals surface area contributed by atoms with Crippen LogP contribution in [0.25, 0.3) is 0 Å². The largest absolute Gasteiger partial charge is 0.461 e. The number of hydrogen-bond donors (Lipinski definition) is 1. The molecule has 17 heavy (non-hydrogen) atoms. The molecule has 0 aliphatic carbocycles. The number of nitrogens with one attached hydrogen (secondary N) is 1. The highest BCUT2D eigenvalue weighted by Gasteiger charge is 2.20. The molecule has 94 valence electrons. The van der Waals surface area contributed by atoms with Gasteiger partial charge in [0.15, 0.2) is 0 Å². The van der Waals surface area contributed by atoms with E-state index in [-0.39, 0.29) is 12.0 Å². The minimum atomic E-state index is -0.388. The molecule has 0 unspecified atom stereocenters. The normalized spacial score (nSPS) is 11.9. The molecule has 0 aliphatic heterocycles. The lowest BCUT2D eigenvalue weighted by atomic mass is 10.2. The van der Waals surface area contributed by atoms with Crippen molar-refractivity contribution in [3.8, 4) is 0 Å². The van der Waals surface area contributed by atoms with Gasteiger partial charge in [0.2, 0.25) is 6.41 Å². The summed E-state index contributed by atoms with van der Waals surface area (Å²) in [5.74, 6) is -0.388. The fourth-order valence-electron chi connectivity index (χ4n) is 1.54. The molecule has 0 saturated carbocycles. The van der Waals surface area contributed by atoms with Gasteiger partial charge in [0, 0.05) is 12.1 Å². The number of nitrogens with zero attached hydrogens (tertiary/aromatic N) is 2. The molecule has 0 radical (unpaired) electrons. The van der Waals surface area contributed by atoms with Gasteiger partial charge in [-0.2, -0.15) is 5.10 Å². The summed E-state index contributed by atoms with van der Waals surface area (Å²) in [6, 6.07) is -0.103. The highest BCUT2D eigenvalue weighted by atomic mass is 16.5. The van der Waals surface area contributed by atoms with Crippen LogP contribution < -0.4 is 5.32 Å². The molecule has 1 heterocycles. The molecular weight excluding hydrogens is 222 g/mol. The summed E-state index contributed by atoms with van der Waals surface area (Å²) in [6.45, 7) is 6.16. The van der Waals surface area contributed by atoms with E-state index in [0.29, 0.717) is 25.3 Å². The van der Waals surface area contributed by atoms with E-state index in [4.69, 9.17) is 4.74 Å². The molecule has 1 aromatic rings. The maximum absolute atomic E-state index is 11.8. The Labute approximate surface area is 99.9 Å². The molecule has 0 aromatic carbocycles. The van der Waals surface area contributed by atoms with Crippen LogP contribution >= 0.6 is 0 Å². The van der Waals surface area contributed by atoms with E-state index in [1.807, 2.05) is 6.92 Å². The molecule has 0 saturated heterocycles. The van der Waals surface area contributed by atoms with Crippen molar-refractivity contribution in [3.63, 3.8) is 0 Å². The highest BCUT2D eigenvalue weighted by molar-refractivity contribution is 5.89. The number of esters is 1. The first-order valence-electron chi connectivity index (χ1n) is 5.50. The van der Waals surface area contributed by atoms with Crippen molar-refractivity contribution in [2.24, 2.45) is 0 Å². The summed E-state index contributed by atoms with van der Waals surface area (Å²) in [6.07, 6.45) is 2.24. The third kappa shape index (κ3) is 3.05. The van der Waals surface area contributed by atoms with Gasteiger partial charge in [0.1, 0.15) is 5.69 Å². The smallest absolute Gasteiger partial charge is 0.356 e. The topological polar surface area (TPSA) is 73.2 Å². The second-order valence-corrected chi connectivity index (χ2v) is 3.72. The van der Waals surface area contributed by atoms with Gasteiger partial charge in [-0.3, -0.25) is 9.48 Å². The average Bonchev–Trinajstić information content (AvgIpc) is 2.68. The third-order valence-corrected chi connectivity index (χ3v) is 2.36. The summed E-state index contributed by atoms with van der Waals surface area (Å²) in [7, 11) is 0. The lowest BCUT2D eigenvalue weighted by molar-refractivity contribution is -0.109. The standard InChI is InChI=1S/C11H17N3O3/c1-4-17-11(16)10-8(2)5-13-14(10)9(3)6-12-7-15/h5,7,9H,4,6H2,1-3H3,(H,12,15)/t9-/m0/s1. The van der Waals surface area contributed by atoms with Crippen LogP contribution in [0.4, 0.5) is 0 Å². The van der Waals surface area contributed by atoms with Gasteiger partial charge in [-0.1, -0.05) is 0 Å². The van der Waals surface area contributed by atoms with Gasteiger partial charge in [0.25, 0.3) is 0 Å². The van der Waals surface area contributed by atoms with Crippen LogP contribution in [-0.4, -0.2) is 35.3 Å². The van der Waals surface area contributed by atoms with Crippen LogP contribution in [0.3, 0.4) is 0 Å². The maximum Gasteiger partial charge on any atom is 0.356 e. The average molecular weight is 239 g/mol. The second-order valence-electron chi connectivity index (χ2n) is 3.72. The molecule has 1 atom stereocenters. The fourth-order valence-corrected chi connectivity index (χ4v) is 1.54. The van der Waals surface area contributed by atoms with Gasteiger partial charge in [-0.25, -0.2) is 4.79 Å². The van der Waals surface area contributed by atoms with Crippen LogP contribution in [0.1, 0.15) is 35.9 Å². The first-order valence-corrected chi connectivity index (χ1v) is 5.50. The first kappa shape index (κ1) is 13.2. The van der Waals surface area contributed by atoms with Crippen molar-refractivity contribution in [1.82, 2.24) is 15.1 Å². The number of amides is 1. The number of aryl methyl sites for hydroxylation is 1. The van der Waals surface area contributed by atoms with E-state index in [0.717, 1.165) is 5.56 Å². The first-order chi connectivity index (χ1) is 8.11. The summed E-state index contributed by atoms with van der Waals surface area (Å²) >= 11 is 0.